The Morgan fingerprint density at radius 3 is 0.612 bits per heavy atom. The summed E-state index contributed by atoms with van der Waals surface area (Å²) in [4.78, 5) is 109. The van der Waals surface area contributed by atoms with E-state index in [0.717, 1.165) is 0 Å². The second kappa shape index (κ2) is 48.7. The second-order valence-electron chi connectivity index (χ2n) is 34.3. The molecule has 82 heteroatoms. The van der Waals surface area contributed by atoms with Crippen LogP contribution in [-0.4, -0.2) is 506 Å². The maximum Gasteiger partial charge on any atom is 0.472 e. The van der Waals surface area contributed by atoms with Crippen LogP contribution in [0.2, 0.25) is 0 Å². The molecule has 0 aromatic carbocycles. The Balaban J connectivity index is 0.617. The van der Waals surface area contributed by atoms with Crippen LogP contribution in [0.25, 0.3) is 0 Å². The van der Waals surface area contributed by atoms with E-state index in [4.69, 9.17) is 154 Å². The van der Waals surface area contributed by atoms with Gasteiger partial charge in [0.05, 0.1) is 139 Å². The van der Waals surface area contributed by atoms with Gasteiger partial charge in [-0.3, -0.25) is 90.5 Å². The van der Waals surface area contributed by atoms with Gasteiger partial charge in [-0.1, -0.05) is 6.42 Å². The van der Waals surface area contributed by atoms with Gasteiger partial charge in [-0.05, 0) is 13.3 Å². The molecule has 139 heavy (non-hydrogen) atoms. The molecule has 11 fully saturated rings. The third kappa shape index (κ3) is 32.2. The number of terminal acetylenes is 1. The van der Waals surface area contributed by atoms with Crippen LogP contribution in [0.1, 0.15) is 13.3 Å². The fourth-order valence-electron chi connectivity index (χ4n) is 16.4. The van der Waals surface area contributed by atoms with Gasteiger partial charge in [0.1, 0.15) is 262 Å². The number of aliphatic hydroxyl groups is 10. The van der Waals surface area contributed by atoms with Crippen LogP contribution < -0.4 is 0 Å². The van der Waals surface area contributed by atoms with Crippen LogP contribution >= 0.6 is 78.2 Å². The highest BCUT2D eigenvalue weighted by Crippen LogP contribution is 2.59. The lowest BCUT2D eigenvalue weighted by Gasteiger charge is -2.28. The van der Waals surface area contributed by atoms with Gasteiger partial charge in [0.25, 0.3) is 0 Å². The van der Waals surface area contributed by atoms with Crippen molar-refractivity contribution in [1.82, 2.24) is 0 Å². The average molecular weight is 2210 g/mol. The normalized spacial score (nSPS) is 45.2. The summed E-state index contributed by atoms with van der Waals surface area (Å²) in [6.07, 6.45) is -46.7. The first-order valence-electron chi connectivity index (χ1n) is 42.9. The Morgan fingerprint density at radius 2 is 0.432 bits per heavy atom. The van der Waals surface area contributed by atoms with Crippen molar-refractivity contribution in [2.24, 2.45) is 0 Å². The molecule has 0 amide bonds. The summed E-state index contributed by atoms with van der Waals surface area (Å²) in [5.74, 6) is 0. The van der Waals surface area contributed by atoms with Crippen LogP contribution in [0.3, 0.4) is 0 Å². The Bertz CT molecular complexity index is 4630. The highest BCUT2D eigenvalue weighted by Gasteiger charge is 2.59. The molecular formula is C57H110B10O62P10. The van der Waals surface area contributed by atoms with Crippen LogP contribution in [0, 0.1) is 12.5 Å². The zero-order chi connectivity index (χ0) is 103. The van der Waals surface area contributed by atoms with Gasteiger partial charge >= 0.3 is 78.2 Å². The highest BCUT2D eigenvalue weighted by atomic mass is 31.2. The third-order valence-corrected chi connectivity index (χ3v) is 33.6. The monoisotopic (exact) mass is 2210 g/mol. The zero-order valence-electron chi connectivity index (χ0n) is 75.4. The summed E-state index contributed by atoms with van der Waals surface area (Å²) < 4.78 is 304. The molecule has 20 unspecified atom stereocenters. The molecule has 0 aromatic heterocycles. The quantitative estimate of drug-likeness (QED) is 0.0153. The van der Waals surface area contributed by atoms with Crippen molar-refractivity contribution in [3.63, 3.8) is 0 Å². The average Bonchev–Trinajstić information content (AvgIpc) is 1.66. The van der Waals surface area contributed by atoms with Gasteiger partial charge in [0.15, 0.2) is 6.10 Å². The highest BCUT2D eigenvalue weighted by molar-refractivity contribution is 7.50. The van der Waals surface area contributed by atoms with E-state index in [9.17, 15) is 146 Å². The van der Waals surface area contributed by atoms with E-state index in [2.05, 4.69) is 0 Å². The van der Waals surface area contributed by atoms with E-state index in [1.807, 2.05) is 6.11 Å². The molecule has 11 aliphatic rings. The SMILES string of the molecule is B[C@@H]1O[C@H](C)C(OP(=O)(O)OC[C@H]2O[C@@H](B)[C@@H](O)C2OP(=O)(O)OC[C@H]2O[C@@H](B)[C@@H](O)C2OP(=O)(O)OC[C@H]2O[C@@H](B)[C@@H](O)C2OP(=O)(O)OC[C@H]2O[C@@H](B)[C@@H](O)C2OP(=O)(O)OC[C@H]2O[C@@H](B)[C@@H](O)C2OP(=O)(O)OC[C@H]2O[C@@H](B)[C@@H](O)C2OP(=O)(O)OC[C@H]2O[C@@H](B)[C@@H](O)C2OP(=O)(O)OC[C@H]2OC[C@@H](OC#C)C2OP(=O)(O)OC[C@H]2O[C@@H](B)[C@@H](O)C2OP(=O)(O)OC[C@H]2O[C@@H](B)C[C@H]2O)[C@@H]1O. The number of phosphoric ester groups is 10. The topological polar surface area (TPSA) is 871 Å². The second-order valence-corrected chi connectivity index (χ2v) is 48.3. The number of aliphatic hydroxyl groups excluding tert-OH is 10. The molecule has 0 radical (unpaired) electrons. The first-order chi connectivity index (χ1) is 64.3. The lowest BCUT2D eigenvalue weighted by atomic mass is 9.93. The summed E-state index contributed by atoms with van der Waals surface area (Å²) in [6, 6.07) is -11.2. The maximum absolute atomic E-state index is 13.7. The molecule has 20 N–H and O–H groups in total. The predicted octanol–water partition coefficient (Wildman–Crippen LogP) is -17.0. The summed E-state index contributed by atoms with van der Waals surface area (Å²) in [7, 11) is -41.0. The number of hydrogen-bond donors (Lipinski definition) is 20. The Labute approximate surface area is 800 Å². The van der Waals surface area contributed by atoms with Crippen molar-refractivity contribution in [2.75, 3.05) is 72.7 Å². The van der Waals surface area contributed by atoms with Crippen molar-refractivity contribution in [3.05, 3.63) is 0 Å². The maximum atomic E-state index is 13.7. The first-order valence-corrected chi connectivity index (χ1v) is 57.9. The number of hydrogen-bond acceptors (Lipinski definition) is 52. The van der Waals surface area contributed by atoms with Crippen molar-refractivity contribution in [1.29, 1.82) is 0 Å². The van der Waals surface area contributed by atoms with E-state index < -0.39 is 406 Å². The van der Waals surface area contributed by atoms with E-state index in [0.29, 0.717) is 0 Å². The zero-order valence-corrected chi connectivity index (χ0v) is 84.3. The third-order valence-electron chi connectivity index (χ3n) is 23.7. The lowest BCUT2D eigenvalue weighted by Crippen LogP contribution is -2.39. The summed E-state index contributed by atoms with van der Waals surface area (Å²) in [5.41, 5.74) is 0. The van der Waals surface area contributed by atoms with Crippen LogP contribution in [0.5, 0.6) is 0 Å². The molecule has 0 bridgehead atoms. The Hall–Kier alpha value is 0.269. The molecule has 62 nitrogen and oxygen atoms in total. The molecule has 52 atom stereocenters. The summed E-state index contributed by atoms with van der Waals surface area (Å²) in [5, 5.41) is 108. The Kier molecular flexibility index (Phi) is 41.9. The fourth-order valence-corrected chi connectivity index (χ4v) is 26.1. The molecule has 790 valence electrons. The van der Waals surface area contributed by atoms with Gasteiger partial charge in [-0.2, -0.15) is 0 Å². The molecule has 0 aromatic rings. The van der Waals surface area contributed by atoms with Crippen molar-refractivity contribution >= 4 is 157 Å². The van der Waals surface area contributed by atoms with E-state index in [1.165, 1.54) is 77.5 Å². The van der Waals surface area contributed by atoms with Crippen molar-refractivity contribution in [3.8, 4) is 12.5 Å². The van der Waals surface area contributed by atoms with Crippen LogP contribution in [0.4, 0.5) is 0 Å². The summed E-state index contributed by atoms with van der Waals surface area (Å²) in [6.45, 7) is -9.43. The van der Waals surface area contributed by atoms with Gasteiger partial charge in [0.2, 0.25) is 0 Å². The van der Waals surface area contributed by atoms with E-state index >= 15 is 0 Å². The minimum absolute atomic E-state index is 0.207. The largest absolute Gasteiger partial charge is 0.472 e. The van der Waals surface area contributed by atoms with Gasteiger partial charge in [-0.25, -0.2) is 45.7 Å². The fraction of sp³-hybridized carbons (Fsp3) is 0.965. The smallest absolute Gasteiger partial charge is 0.438 e. The molecular weight excluding hydrogens is 2090 g/mol. The van der Waals surface area contributed by atoms with Crippen LogP contribution in [-0.2, 0) is 193 Å². The van der Waals surface area contributed by atoms with Gasteiger partial charge < -0.3 is 157 Å². The molecule has 0 aliphatic carbocycles. The van der Waals surface area contributed by atoms with Crippen LogP contribution in [0.15, 0.2) is 0 Å². The number of ether oxygens (including phenoxy) is 12. The van der Waals surface area contributed by atoms with Gasteiger partial charge in [-0.15, -0.1) is 0 Å². The van der Waals surface area contributed by atoms with E-state index in [1.54, 1.807) is 7.85 Å². The molecule has 11 heterocycles. The van der Waals surface area contributed by atoms with Gasteiger partial charge in [0, 0.05) is 6.00 Å². The van der Waals surface area contributed by atoms with E-state index in [-0.39, 0.29) is 6.42 Å². The Morgan fingerprint density at radius 1 is 0.259 bits per heavy atom. The summed E-state index contributed by atoms with van der Waals surface area (Å²) >= 11 is 0. The molecule has 11 saturated heterocycles. The minimum Gasteiger partial charge on any atom is -0.438 e. The molecule has 0 spiro atoms. The standard InChI is InChI=1S/C57H110B10O62P10/c1-3-98-19-5-99-20(40(19)121-131(80,81)103-9-22-41(31(70)50(60)113-22)122-132(82,83)100-6-18-17(68)4-29(58)111-18)7-101-133(84,85)123-42-23(114-51(61)32(42)71)10-104-135(88,89)125-44-25(116-53(63)34(44)73)12-106-137(92,93)127-46-27(118-55(65)36(46)75)14-108-139(96,97)129-48-28(119-57(67)38(48)77)15-109-138(94,95)128-47-26(117-56(66)37(47)76)13-107-136(90,91)126-45-24(115-54(64)35(45)74)11-105-134(86,87)124-43-21(112-52(62)33(43)72)8-102-130(78,79)120-39-16(2)110-49(59)30(39)69/h1,16-57,68-77H,4-15,58-67H2,2H3,(H,78,79)(H,80,81)(H,82,83)(H,84,85)(H,86,87)(H,88,89)(H,90,91)(H,92,93)(H,94,95)(H,96,97)/t16-,17-,18-,19-,20-,21-,22-,23-,24-,25-,26-,27-,28-,29-,30+,31+,32+,33+,34+,35+,36+,37+,38+,39?,40?,41?,42?,43?,44?,45?,46?,47?,48?,49-,50-,51-,52-,53-,54-,55-,56-,57-/m1/s1. The molecule has 11 aliphatic heterocycles. The molecule has 11 rings (SSSR count). The van der Waals surface area contributed by atoms with Crippen molar-refractivity contribution in [2.45, 2.75) is 269 Å². The molecule has 0 saturated carbocycles. The minimum atomic E-state index is -5.58. The number of rotatable bonds is 51. The lowest BCUT2D eigenvalue weighted by molar-refractivity contribution is -0.0467. The first kappa shape index (κ1) is 119. The van der Waals surface area contributed by atoms with Crippen molar-refractivity contribution < 1.29 is 293 Å². The number of phosphoric acid groups is 10. The predicted molar refractivity (Wildman–Crippen MR) is 472 cm³/mol.